The molecule has 0 saturated heterocycles. The minimum Gasteiger partial charge on any atom is -0.465 e. The third-order valence-electron chi connectivity index (χ3n) is 4.72. The van der Waals surface area contributed by atoms with E-state index in [2.05, 4.69) is 31.1 Å². The summed E-state index contributed by atoms with van der Waals surface area (Å²) in [5.74, 6) is 0.129. The van der Waals surface area contributed by atoms with E-state index < -0.39 is 12.0 Å². The summed E-state index contributed by atoms with van der Waals surface area (Å²) in [5, 5.41) is 26.3. The van der Waals surface area contributed by atoms with Crippen LogP contribution in [0.4, 0.5) is 22.1 Å². The van der Waals surface area contributed by atoms with E-state index in [1.165, 1.54) is 0 Å². The first-order valence-corrected chi connectivity index (χ1v) is 9.55. The van der Waals surface area contributed by atoms with Gasteiger partial charge in [-0.15, -0.1) is 10.2 Å². The molecule has 3 rings (SSSR count). The first-order chi connectivity index (χ1) is 13.8. The summed E-state index contributed by atoms with van der Waals surface area (Å²) in [5.41, 5.74) is 6.34. The lowest BCUT2D eigenvalue weighted by Crippen LogP contribution is -2.48. The fraction of sp³-hybridized carbons (Fsp3) is 0.389. The monoisotopic (exact) mass is 419 g/mol. The number of halogens is 1. The predicted octanol–water partition coefficient (Wildman–Crippen LogP) is 2.67. The van der Waals surface area contributed by atoms with E-state index in [1.807, 2.05) is 0 Å². The zero-order valence-electron chi connectivity index (χ0n) is 15.8. The van der Waals surface area contributed by atoms with Gasteiger partial charge in [-0.2, -0.15) is 0 Å². The van der Waals surface area contributed by atoms with Crippen molar-refractivity contribution in [1.29, 1.82) is 0 Å². The summed E-state index contributed by atoms with van der Waals surface area (Å²) >= 11 is 6.00. The van der Waals surface area contributed by atoms with Crippen molar-refractivity contribution in [2.45, 2.75) is 44.7 Å². The number of primary amides is 1. The number of carboxylic acid groups (broad SMARTS) is 1. The van der Waals surface area contributed by atoms with Crippen LogP contribution in [-0.2, 0) is 0 Å². The molecule has 1 saturated carbocycles. The highest BCUT2D eigenvalue weighted by Gasteiger charge is 2.27. The first-order valence-electron chi connectivity index (χ1n) is 9.17. The molecule has 2 atom stereocenters. The second kappa shape index (κ2) is 8.91. The Morgan fingerprint density at radius 2 is 1.90 bits per heavy atom. The van der Waals surface area contributed by atoms with Crippen molar-refractivity contribution in [3.8, 4) is 0 Å². The number of nitrogens with one attached hydrogen (secondary N) is 3. The molecule has 2 aromatic heterocycles. The molecule has 154 valence electrons. The van der Waals surface area contributed by atoms with Crippen LogP contribution >= 0.6 is 11.6 Å². The van der Waals surface area contributed by atoms with Crippen LogP contribution < -0.4 is 21.7 Å². The van der Waals surface area contributed by atoms with Crippen LogP contribution in [0.2, 0.25) is 5.02 Å². The second-order valence-corrected chi connectivity index (χ2v) is 7.24. The maximum atomic E-state index is 11.8. The predicted molar refractivity (Wildman–Crippen MR) is 109 cm³/mol. The molecule has 0 aromatic carbocycles. The largest absolute Gasteiger partial charge is 0.465 e. The fourth-order valence-corrected chi connectivity index (χ4v) is 3.42. The van der Waals surface area contributed by atoms with Crippen LogP contribution in [0.15, 0.2) is 18.2 Å². The molecule has 0 spiro atoms. The Balaban J connectivity index is 1.84. The highest BCUT2D eigenvalue weighted by atomic mass is 35.5. The number of aromatic nitrogens is 3. The summed E-state index contributed by atoms with van der Waals surface area (Å²) in [6.07, 6.45) is 2.37. The van der Waals surface area contributed by atoms with E-state index in [9.17, 15) is 9.59 Å². The van der Waals surface area contributed by atoms with Crippen LogP contribution in [0.25, 0.3) is 0 Å². The summed E-state index contributed by atoms with van der Waals surface area (Å²) in [4.78, 5) is 27.1. The Hall–Kier alpha value is -3.14. The highest BCUT2D eigenvalue weighted by molar-refractivity contribution is 6.31. The van der Waals surface area contributed by atoms with Crippen molar-refractivity contribution < 1.29 is 14.7 Å². The Morgan fingerprint density at radius 3 is 2.55 bits per heavy atom. The molecule has 1 aliphatic carbocycles. The van der Waals surface area contributed by atoms with Crippen molar-refractivity contribution in [3.63, 3.8) is 0 Å². The normalized spacial score (nSPS) is 18.7. The molecule has 0 radical (unpaired) electrons. The molecule has 11 heteroatoms. The van der Waals surface area contributed by atoms with Gasteiger partial charge in [0.15, 0.2) is 11.5 Å². The van der Waals surface area contributed by atoms with Gasteiger partial charge < -0.3 is 26.8 Å². The Labute approximate surface area is 172 Å². The first kappa shape index (κ1) is 20.6. The zero-order chi connectivity index (χ0) is 21.0. The minimum absolute atomic E-state index is 0.0335. The number of amides is 2. The van der Waals surface area contributed by atoms with Gasteiger partial charge in [0.25, 0.3) is 5.91 Å². The maximum Gasteiger partial charge on any atom is 0.404 e. The van der Waals surface area contributed by atoms with Gasteiger partial charge in [-0.05, 0) is 31.9 Å². The SMILES string of the molecule is Cc1nc(Nc2cc(NC3CCCCC3NC(=O)O)nnc2C(N)=O)ccc1Cl. The average molecular weight is 420 g/mol. The second-order valence-electron chi connectivity index (χ2n) is 6.84. The van der Waals surface area contributed by atoms with E-state index in [1.54, 1.807) is 25.1 Å². The van der Waals surface area contributed by atoms with Crippen molar-refractivity contribution in [2.24, 2.45) is 5.73 Å². The van der Waals surface area contributed by atoms with Gasteiger partial charge in [0.05, 0.1) is 22.4 Å². The van der Waals surface area contributed by atoms with Gasteiger partial charge in [-0.25, -0.2) is 9.78 Å². The number of rotatable bonds is 6. The molecule has 2 amide bonds. The minimum atomic E-state index is -1.06. The molecule has 1 aliphatic rings. The van der Waals surface area contributed by atoms with Gasteiger partial charge in [-0.1, -0.05) is 24.4 Å². The highest BCUT2D eigenvalue weighted by Crippen LogP contribution is 2.25. The van der Waals surface area contributed by atoms with Crippen LogP contribution in [0.5, 0.6) is 0 Å². The van der Waals surface area contributed by atoms with E-state index in [0.717, 1.165) is 25.7 Å². The molecule has 29 heavy (non-hydrogen) atoms. The van der Waals surface area contributed by atoms with Crippen LogP contribution in [-0.4, -0.2) is 44.4 Å². The standard InChI is InChI=1S/C18H22ClN7O3/c1-9-10(19)6-7-14(21-9)23-13-8-15(25-26-16(13)17(20)27)22-11-4-2-3-5-12(11)24-18(28)29/h6-8,11-12,24H,2-5H2,1H3,(H2,20,27)(H,28,29)(H2,21,22,23,25). The van der Waals surface area contributed by atoms with Gasteiger partial charge in [-0.3, -0.25) is 4.79 Å². The number of nitrogens with zero attached hydrogens (tertiary/aromatic N) is 3. The summed E-state index contributed by atoms with van der Waals surface area (Å²) in [7, 11) is 0. The third kappa shape index (κ3) is 5.23. The lowest BCUT2D eigenvalue weighted by atomic mass is 9.90. The molecular weight excluding hydrogens is 398 g/mol. The number of carbonyl (C=O) groups is 2. The molecule has 6 N–H and O–H groups in total. The molecule has 1 fully saturated rings. The lowest BCUT2D eigenvalue weighted by Gasteiger charge is -2.32. The molecule has 2 unspecified atom stereocenters. The average Bonchev–Trinajstić information content (AvgIpc) is 2.66. The van der Waals surface area contributed by atoms with Crippen LogP contribution in [0.3, 0.4) is 0 Å². The number of nitrogens with two attached hydrogens (primary N) is 1. The topological polar surface area (TPSA) is 155 Å². The van der Waals surface area contributed by atoms with Gasteiger partial charge in [0.1, 0.15) is 5.82 Å². The number of pyridine rings is 1. The lowest BCUT2D eigenvalue weighted by molar-refractivity contribution is 0.0995. The molecule has 10 nitrogen and oxygen atoms in total. The van der Waals surface area contributed by atoms with E-state index in [4.69, 9.17) is 22.4 Å². The molecule has 0 aliphatic heterocycles. The summed E-state index contributed by atoms with van der Waals surface area (Å²) in [6, 6.07) is 4.58. The van der Waals surface area contributed by atoms with E-state index in [0.29, 0.717) is 28.0 Å². The van der Waals surface area contributed by atoms with Crippen molar-refractivity contribution >= 4 is 40.9 Å². The molecular formula is C18H22ClN7O3. The van der Waals surface area contributed by atoms with Crippen molar-refractivity contribution in [2.75, 3.05) is 10.6 Å². The molecule has 2 aromatic rings. The molecule has 0 bridgehead atoms. The molecule has 2 heterocycles. The summed E-state index contributed by atoms with van der Waals surface area (Å²) in [6.45, 7) is 1.76. The van der Waals surface area contributed by atoms with Crippen molar-refractivity contribution in [3.05, 3.63) is 34.6 Å². The van der Waals surface area contributed by atoms with Gasteiger partial charge in [0, 0.05) is 12.1 Å². The van der Waals surface area contributed by atoms with E-state index in [-0.39, 0.29) is 17.8 Å². The van der Waals surface area contributed by atoms with Crippen molar-refractivity contribution in [1.82, 2.24) is 20.5 Å². The summed E-state index contributed by atoms with van der Waals surface area (Å²) < 4.78 is 0. The Kier molecular flexibility index (Phi) is 6.32. The Morgan fingerprint density at radius 1 is 1.17 bits per heavy atom. The Bertz CT molecular complexity index is 924. The quantitative estimate of drug-likeness (QED) is 0.478. The van der Waals surface area contributed by atoms with Gasteiger partial charge in [0.2, 0.25) is 0 Å². The van der Waals surface area contributed by atoms with Crippen LogP contribution in [0, 0.1) is 6.92 Å². The van der Waals surface area contributed by atoms with Gasteiger partial charge >= 0.3 is 6.09 Å². The number of anilines is 3. The number of hydrogen-bond acceptors (Lipinski definition) is 7. The number of carbonyl (C=O) groups excluding carboxylic acids is 1. The van der Waals surface area contributed by atoms with Crippen LogP contribution in [0.1, 0.15) is 41.9 Å². The fourth-order valence-electron chi connectivity index (χ4n) is 3.32. The van der Waals surface area contributed by atoms with E-state index >= 15 is 0 Å². The zero-order valence-corrected chi connectivity index (χ0v) is 16.5. The number of hydrogen-bond donors (Lipinski definition) is 5. The number of aryl methyl sites for hydroxylation is 1. The third-order valence-corrected chi connectivity index (χ3v) is 5.12. The maximum absolute atomic E-state index is 11.8. The smallest absolute Gasteiger partial charge is 0.404 e.